The Balaban J connectivity index is 2.79. The van der Waals surface area contributed by atoms with Gasteiger partial charge in [0.15, 0.2) is 0 Å². The van der Waals surface area contributed by atoms with Crippen LogP contribution in [0.2, 0.25) is 5.15 Å². The van der Waals surface area contributed by atoms with Gasteiger partial charge in [0, 0.05) is 18.7 Å². The van der Waals surface area contributed by atoms with E-state index in [0.29, 0.717) is 24.5 Å². The summed E-state index contributed by atoms with van der Waals surface area (Å²) < 4.78 is 0. The molecule has 0 bridgehead atoms. The van der Waals surface area contributed by atoms with Crippen LogP contribution in [0.4, 0.5) is 5.82 Å². The van der Waals surface area contributed by atoms with Crippen LogP contribution in [0.5, 0.6) is 0 Å². The van der Waals surface area contributed by atoms with Crippen LogP contribution in [0.3, 0.4) is 0 Å². The average Bonchev–Trinajstić information content (AvgIpc) is 2.38. The van der Waals surface area contributed by atoms with E-state index in [1.807, 2.05) is 13.8 Å². The lowest BCUT2D eigenvalue weighted by molar-refractivity contribution is -0.122. The maximum absolute atomic E-state index is 12.1. The van der Waals surface area contributed by atoms with Crippen LogP contribution < -0.4 is 16.0 Å². The first kappa shape index (κ1) is 16.2. The summed E-state index contributed by atoms with van der Waals surface area (Å²) in [6, 6.07) is 2.44. The second-order valence-corrected chi connectivity index (χ2v) is 4.57. The van der Waals surface area contributed by atoms with Crippen molar-refractivity contribution >= 4 is 29.2 Å². The third kappa shape index (κ3) is 4.70. The molecule has 0 radical (unpaired) electrons. The van der Waals surface area contributed by atoms with Crippen LogP contribution in [0, 0.1) is 0 Å². The van der Waals surface area contributed by atoms with E-state index in [4.69, 9.17) is 11.6 Å². The lowest BCUT2D eigenvalue weighted by atomic mass is 10.2. The van der Waals surface area contributed by atoms with Crippen molar-refractivity contribution in [2.75, 3.05) is 18.4 Å². The SMILES string of the molecule is CCNC(=O)C(C)NC(=O)c1cc(Cl)nc(NCC)c1. The van der Waals surface area contributed by atoms with Gasteiger partial charge in [0.1, 0.15) is 17.0 Å². The number of carbonyl (C=O) groups is 2. The summed E-state index contributed by atoms with van der Waals surface area (Å²) in [5.41, 5.74) is 0.358. The third-order valence-corrected chi connectivity index (χ3v) is 2.70. The summed E-state index contributed by atoms with van der Waals surface area (Å²) in [6.07, 6.45) is 0. The van der Waals surface area contributed by atoms with Crippen LogP contribution >= 0.6 is 11.6 Å². The van der Waals surface area contributed by atoms with Crippen LogP contribution in [0.25, 0.3) is 0 Å². The number of pyridine rings is 1. The van der Waals surface area contributed by atoms with Crippen molar-refractivity contribution in [1.82, 2.24) is 15.6 Å². The summed E-state index contributed by atoms with van der Waals surface area (Å²) in [6.45, 7) is 6.54. The predicted molar refractivity (Wildman–Crippen MR) is 79.0 cm³/mol. The van der Waals surface area contributed by atoms with E-state index in [-0.39, 0.29) is 17.0 Å². The van der Waals surface area contributed by atoms with E-state index < -0.39 is 6.04 Å². The van der Waals surface area contributed by atoms with E-state index >= 15 is 0 Å². The van der Waals surface area contributed by atoms with Gasteiger partial charge < -0.3 is 16.0 Å². The molecule has 2 amide bonds. The van der Waals surface area contributed by atoms with E-state index in [1.165, 1.54) is 6.07 Å². The molecule has 0 aliphatic carbocycles. The first-order valence-electron chi connectivity index (χ1n) is 6.48. The Labute approximate surface area is 123 Å². The van der Waals surface area contributed by atoms with Gasteiger partial charge >= 0.3 is 0 Å². The number of rotatable bonds is 6. The minimum Gasteiger partial charge on any atom is -0.370 e. The van der Waals surface area contributed by atoms with Crippen LogP contribution in [-0.2, 0) is 4.79 Å². The minimum absolute atomic E-state index is 0.222. The van der Waals surface area contributed by atoms with Gasteiger partial charge in [-0.05, 0) is 32.9 Å². The van der Waals surface area contributed by atoms with E-state index in [0.717, 1.165) is 0 Å². The molecule has 1 aromatic heterocycles. The van der Waals surface area contributed by atoms with Gasteiger partial charge in [0.2, 0.25) is 5.91 Å². The van der Waals surface area contributed by atoms with Crippen molar-refractivity contribution in [3.63, 3.8) is 0 Å². The Morgan fingerprint density at radius 1 is 1.30 bits per heavy atom. The highest BCUT2D eigenvalue weighted by Crippen LogP contribution is 2.14. The number of hydrogen-bond acceptors (Lipinski definition) is 4. The van der Waals surface area contributed by atoms with Crippen molar-refractivity contribution in [1.29, 1.82) is 0 Å². The first-order valence-corrected chi connectivity index (χ1v) is 6.85. The summed E-state index contributed by atoms with van der Waals surface area (Å²) in [5, 5.41) is 8.46. The van der Waals surface area contributed by atoms with Gasteiger partial charge in [-0.1, -0.05) is 11.6 Å². The maximum atomic E-state index is 12.1. The fraction of sp³-hybridized carbons (Fsp3) is 0.462. The van der Waals surface area contributed by atoms with Gasteiger partial charge in [-0.2, -0.15) is 0 Å². The van der Waals surface area contributed by atoms with Crippen molar-refractivity contribution in [2.24, 2.45) is 0 Å². The smallest absolute Gasteiger partial charge is 0.252 e. The summed E-state index contributed by atoms with van der Waals surface area (Å²) in [7, 11) is 0. The average molecular weight is 299 g/mol. The third-order valence-electron chi connectivity index (χ3n) is 2.51. The molecule has 20 heavy (non-hydrogen) atoms. The molecule has 1 atom stereocenters. The second kappa shape index (κ2) is 7.69. The summed E-state index contributed by atoms with van der Waals surface area (Å²) >= 11 is 5.87. The zero-order valence-electron chi connectivity index (χ0n) is 11.8. The molecular weight excluding hydrogens is 280 g/mol. The molecule has 0 saturated carbocycles. The van der Waals surface area contributed by atoms with Gasteiger partial charge in [0.05, 0.1) is 0 Å². The number of carbonyl (C=O) groups excluding carboxylic acids is 2. The zero-order chi connectivity index (χ0) is 15.1. The number of nitrogens with zero attached hydrogens (tertiary/aromatic N) is 1. The monoisotopic (exact) mass is 298 g/mol. The van der Waals surface area contributed by atoms with Crippen molar-refractivity contribution < 1.29 is 9.59 Å². The predicted octanol–water partition coefficient (Wildman–Crippen LogP) is 1.42. The van der Waals surface area contributed by atoms with Crippen molar-refractivity contribution in [3.05, 3.63) is 22.8 Å². The molecule has 6 nitrogen and oxygen atoms in total. The molecule has 0 spiro atoms. The number of halogens is 1. The van der Waals surface area contributed by atoms with Crippen LogP contribution in [-0.4, -0.2) is 35.9 Å². The molecule has 0 fully saturated rings. The van der Waals surface area contributed by atoms with E-state index in [2.05, 4.69) is 20.9 Å². The van der Waals surface area contributed by atoms with Gasteiger partial charge in [0.25, 0.3) is 5.91 Å². The zero-order valence-corrected chi connectivity index (χ0v) is 12.5. The van der Waals surface area contributed by atoms with Gasteiger partial charge in [-0.25, -0.2) is 4.98 Å². The molecule has 0 aliphatic rings. The molecule has 0 aliphatic heterocycles. The summed E-state index contributed by atoms with van der Waals surface area (Å²) in [4.78, 5) is 27.7. The Bertz CT molecular complexity index is 493. The molecular formula is C13H19ClN4O2. The number of nitrogens with one attached hydrogen (secondary N) is 3. The maximum Gasteiger partial charge on any atom is 0.252 e. The molecule has 1 unspecified atom stereocenters. The number of anilines is 1. The van der Waals surface area contributed by atoms with Crippen molar-refractivity contribution in [2.45, 2.75) is 26.8 Å². The molecule has 1 heterocycles. The van der Waals surface area contributed by atoms with Crippen LogP contribution in [0.1, 0.15) is 31.1 Å². The van der Waals surface area contributed by atoms with E-state index in [9.17, 15) is 9.59 Å². The Morgan fingerprint density at radius 3 is 2.60 bits per heavy atom. The Hall–Kier alpha value is -1.82. The Morgan fingerprint density at radius 2 is 2.00 bits per heavy atom. The fourth-order valence-corrected chi connectivity index (χ4v) is 1.78. The molecule has 110 valence electrons. The standard InChI is InChI=1S/C13H19ClN4O2/c1-4-15-11-7-9(6-10(14)18-11)13(20)17-8(3)12(19)16-5-2/h6-8H,4-5H2,1-3H3,(H,15,18)(H,16,19)(H,17,20). The highest BCUT2D eigenvalue weighted by Gasteiger charge is 2.16. The first-order chi connectivity index (χ1) is 9.47. The fourth-order valence-electron chi connectivity index (χ4n) is 1.57. The minimum atomic E-state index is -0.614. The molecule has 7 heteroatoms. The second-order valence-electron chi connectivity index (χ2n) is 4.18. The molecule has 0 saturated heterocycles. The van der Waals surface area contributed by atoms with E-state index in [1.54, 1.807) is 13.0 Å². The van der Waals surface area contributed by atoms with Gasteiger partial charge in [-0.15, -0.1) is 0 Å². The number of likely N-dealkylation sites (N-methyl/N-ethyl adjacent to an activating group) is 1. The molecule has 1 rings (SSSR count). The highest BCUT2D eigenvalue weighted by atomic mass is 35.5. The highest BCUT2D eigenvalue weighted by molar-refractivity contribution is 6.29. The summed E-state index contributed by atoms with van der Waals surface area (Å²) in [5.74, 6) is -0.0732. The molecule has 0 aromatic carbocycles. The Kier molecular flexibility index (Phi) is 6.24. The van der Waals surface area contributed by atoms with Crippen molar-refractivity contribution in [3.8, 4) is 0 Å². The lowest BCUT2D eigenvalue weighted by Crippen LogP contribution is -2.44. The lowest BCUT2D eigenvalue weighted by Gasteiger charge is -2.14. The normalized spacial score (nSPS) is 11.6. The van der Waals surface area contributed by atoms with Gasteiger partial charge in [-0.3, -0.25) is 9.59 Å². The quantitative estimate of drug-likeness (QED) is 0.694. The topological polar surface area (TPSA) is 83.1 Å². The number of amides is 2. The van der Waals surface area contributed by atoms with Crippen LogP contribution in [0.15, 0.2) is 12.1 Å². The molecule has 1 aromatic rings. The number of aromatic nitrogens is 1. The largest absolute Gasteiger partial charge is 0.370 e. The molecule has 3 N–H and O–H groups in total. The number of hydrogen-bond donors (Lipinski definition) is 3.